The van der Waals surface area contributed by atoms with Crippen molar-refractivity contribution in [3.05, 3.63) is 58.1 Å². The van der Waals surface area contributed by atoms with E-state index in [0.29, 0.717) is 18.9 Å². The zero-order valence-electron chi connectivity index (χ0n) is 17.6. The van der Waals surface area contributed by atoms with Crippen molar-refractivity contribution < 1.29 is 14.3 Å². The van der Waals surface area contributed by atoms with Crippen LogP contribution in [0.5, 0.6) is 11.5 Å². The number of rotatable bonds is 7. The largest absolute Gasteiger partial charge is 0.491 e. The van der Waals surface area contributed by atoms with Crippen molar-refractivity contribution in [2.75, 3.05) is 13.2 Å². The first kappa shape index (κ1) is 22.1. The third-order valence-electron chi connectivity index (χ3n) is 4.45. The first-order valence-corrected chi connectivity index (χ1v) is 9.91. The van der Waals surface area contributed by atoms with Gasteiger partial charge in [0.2, 0.25) is 0 Å². The lowest BCUT2D eigenvalue weighted by molar-refractivity contribution is -0.127. The predicted octanol–water partition coefficient (Wildman–Crippen LogP) is 5.22. The van der Waals surface area contributed by atoms with Gasteiger partial charge in [0.15, 0.2) is 6.10 Å². The maximum atomic E-state index is 12.3. The van der Waals surface area contributed by atoms with Gasteiger partial charge in [0.1, 0.15) is 18.1 Å². The molecule has 0 aliphatic heterocycles. The third-order valence-corrected chi connectivity index (χ3v) is 5.04. The Morgan fingerprint density at radius 3 is 2.36 bits per heavy atom. The Morgan fingerprint density at radius 2 is 1.75 bits per heavy atom. The highest BCUT2D eigenvalue weighted by atomic mass is 35.5. The summed E-state index contributed by atoms with van der Waals surface area (Å²) in [5.41, 5.74) is 2.99. The van der Waals surface area contributed by atoms with Crippen LogP contribution in [0.15, 0.2) is 36.4 Å². The SMILES string of the molecule is Cc1cc(O[C@@H](C)C(=O)NCCOc2ccccc2C(C)(C)C)cc(C)c1Cl. The zero-order valence-corrected chi connectivity index (χ0v) is 18.3. The molecule has 0 aliphatic carbocycles. The van der Waals surface area contributed by atoms with E-state index in [9.17, 15) is 4.79 Å². The second kappa shape index (κ2) is 9.33. The lowest BCUT2D eigenvalue weighted by atomic mass is 9.86. The second-order valence-corrected chi connectivity index (χ2v) is 8.39. The number of amides is 1. The fourth-order valence-electron chi connectivity index (χ4n) is 2.92. The normalized spacial score (nSPS) is 12.4. The van der Waals surface area contributed by atoms with Gasteiger partial charge in [0.25, 0.3) is 5.91 Å². The van der Waals surface area contributed by atoms with E-state index < -0.39 is 6.10 Å². The van der Waals surface area contributed by atoms with Gasteiger partial charge >= 0.3 is 0 Å². The van der Waals surface area contributed by atoms with Crippen molar-refractivity contribution >= 4 is 17.5 Å². The summed E-state index contributed by atoms with van der Waals surface area (Å²) in [7, 11) is 0. The minimum Gasteiger partial charge on any atom is -0.491 e. The van der Waals surface area contributed by atoms with Gasteiger partial charge in [-0.25, -0.2) is 0 Å². The quantitative estimate of drug-likeness (QED) is 0.645. The molecule has 0 spiro atoms. The van der Waals surface area contributed by atoms with Crippen molar-refractivity contribution in [3.63, 3.8) is 0 Å². The molecule has 0 fully saturated rings. The average Bonchev–Trinajstić information content (AvgIpc) is 2.62. The molecule has 4 nitrogen and oxygen atoms in total. The number of hydrogen-bond donors (Lipinski definition) is 1. The van der Waals surface area contributed by atoms with Crippen LogP contribution in [0, 0.1) is 13.8 Å². The van der Waals surface area contributed by atoms with Crippen LogP contribution < -0.4 is 14.8 Å². The Kier molecular flexibility index (Phi) is 7.36. The minimum atomic E-state index is -0.609. The monoisotopic (exact) mass is 403 g/mol. The number of benzene rings is 2. The molecule has 5 heteroatoms. The molecule has 0 radical (unpaired) electrons. The summed E-state index contributed by atoms with van der Waals surface area (Å²) in [4.78, 5) is 12.3. The standard InChI is InChI=1S/C23H30ClNO3/c1-15-13-18(14-16(2)21(15)24)28-17(3)22(26)25-11-12-27-20-10-8-7-9-19(20)23(4,5)6/h7-10,13-14,17H,11-12H2,1-6H3,(H,25,26)/t17-/m0/s1. The molecule has 0 heterocycles. The van der Waals surface area contributed by atoms with Crippen LogP contribution >= 0.6 is 11.6 Å². The molecule has 1 N–H and O–H groups in total. The number of aryl methyl sites for hydroxylation is 2. The topological polar surface area (TPSA) is 47.6 Å². The first-order chi connectivity index (χ1) is 13.1. The lowest BCUT2D eigenvalue weighted by Crippen LogP contribution is -2.38. The fourth-order valence-corrected chi connectivity index (χ4v) is 3.03. The van der Waals surface area contributed by atoms with E-state index in [1.807, 2.05) is 44.2 Å². The van der Waals surface area contributed by atoms with Crippen molar-refractivity contribution in [1.29, 1.82) is 0 Å². The van der Waals surface area contributed by atoms with Gasteiger partial charge in [-0.05, 0) is 61.1 Å². The zero-order chi connectivity index (χ0) is 20.9. The maximum absolute atomic E-state index is 12.3. The molecule has 28 heavy (non-hydrogen) atoms. The molecule has 0 saturated heterocycles. The summed E-state index contributed by atoms with van der Waals surface area (Å²) in [6, 6.07) is 11.7. The average molecular weight is 404 g/mol. The van der Waals surface area contributed by atoms with Gasteiger partial charge in [-0.3, -0.25) is 4.79 Å². The van der Waals surface area contributed by atoms with Crippen LogP contribution in [0.25, 0.3) is 0 Å². The number of para-hydroxylation sites is 1. The van der Waals surface area contributed by atoms with Crippen LogP contribution in [-0.2, 0) is 10.2 Å². The van der Waals surface area contributed by atoms with Crippen LogP contribution in [-0.4, -0.2) is 25.2 Å². The van der Waals surface area contributed by atoms with E-state index in [0.717, 1.165) is 27.5 Å². The van der Waals surface area contributed by atoms with E-state index in [1.54, 1.807) is 6.92 Å². The van der Waals surface area contributed by atoms with Crippen molar-refractivity contribution in [1.82, 2.24) is 5.32 Å². The van der Waals surface area contributed by atoms with Crippen molar-refractivity contribution in [3.8, 4) is 11.5 Å². The van der Waals surface area contributed by atoms with E-state index >= 15 is 0 Å². The number of hydrogen-bond acceptors (Lipinski definition) is 3. The van der Waals surface area contributed by atoms with Gasteiger partial charge in [-0.2, -0.15) is 0 Å². The molecule has 2 aromatic carbocycles. The highest BCUT2D eigenvalue weighted by Gasteiger charge is 2.19. The van der Waals surface area contributed by atoms with Gasteiger partial charge in [0, 0.05) is 5.02 Å². The smallest absolute Gasteiger partial charge is 0.260 e. The Balaban J connectivity index is 1.85. The Morgan fingerprint density at radius 1 is 1.14 bits per heavy atom. The number of carbonyl (C=O) groups is 1. The molecular formula is C23H30ClNO3. The van der Waals surface area contributed by atoms with Gasteiger partial charge in [0.05, 0.1) is 6.54 Å². The molecule has 0 bridgehead atoms. The summed E-state index contributed by atoms with van der Waals surface area (Å²) in [5.74, 6) is 1.30. The van der Waals surface area contributed by atoms with E-state index in [2.05, 4.69) is 32.2 Å². The molecule has 152 valence electrons. The molecular weight excluding hydrogens is 374 g/mol. The number of nitrogens with one attached hydrogen (secondary N) is 1. The first-order valence-electron chi connectivity index (χ1n) is 9.53. The molecule has 0 aliphatic rings. The summed E-state index contributed by atoms with van der Waals surface area (Å²) < 4.78 is 11.6. The van der Waals surface area contributed by atoms with Crippen LogP contribution in [0.3, 0.4) is 0 Å². The lowest BCUT2D eigenvalue weighted by Gasteiger charge is -2.22. The Labute approximate surface area is 173 Å². The van der Waals surface area contributed by atoms with E-state index in [1.165, 1.54) is 0 Å². The molecule has 0 unspecified atom stereocenters. The van der Waals surface area contributed by atoms with E-state index in [4.69, 9.17) is 21.1 Å². The highest BCUT2D eigenvalue weighted by molar-refractivity contribution is 6.32. The number of halogens is 1. The maximum Gasteiger partial charge on any atom is 0.260 e. The molecule has 1 atom stereocenters. The second-order valence-electron chi connectivity index (χ2n) is 8.02. The van der Waals surface area contributed by atoms with Crippen LogP contribution in [0.2, 0.25) is 5.02 Å². The van der Waals surface area contributed by atoms with Crippen molar-refractivity contribution in [2.45, 2.75) is 53.1 Å². The number of carbonyl (C=O) groups excluding carboxylic acids is 1. The van der Waals surface area contributed by atoms with Crippen LogP contribution in [0.4, 0.5) is 0 Å². The Bertz CT molecular complexity index is 804. The predicted molar refractivity (Wildman–Crippen MR) is 115 cm³/mol. The Hall–Kier alpha value is -2.20. The number of ether oxygens (including phenoxy) is 2. The van der Waals surface area contributed by atoms with Gasteiger partial charge < -0.3 is 14.8 Å². The van der Waals surface area contributed by atoms with Crippen molar-refractivity contribution in [2.24, 2.45) is 0 Å². The van der Waals surface area contributed by atoms with E-state index in [-0.39, 0.29) is 11.3 Å². The minimum absolute atomic E-state index is 0.00294. The molecule has 0 aromatic heterocycles. The third kappa shape index (κ3) is 5.90. The van der Waals surface area contributed by atoms with Gasteiger partial charge in [-0.1, -0.05) is 50.6 Å². The highest BCUT2D eigenvalue weighted by Crippen LogP contribution is 2.30. The van der Waals surface area contributed by atoms with Crippen LogP contribution in [0.1, 0.15) is 44.4 Å². The fraction of sp³-hybridized carbons (Fsp3) is 0.435. The molecule has 0 saturated carbocycles. The summed E-state index contributed by atoms with van der Waals surface area (Å²) in [5, 5.41) is 3.58. The summed E-state index contributed by atoms with van der Waals surface area (Å²) in [6.45, 7) is 12.8. The summed E-state index contributed by atoms with van der Waals surface area (Å²) in [6.07, 6.45) is -0.609. The van der Waals surface area contributed by atoms with Gasteiger partial charge in [-0.15, -0.1) is 0 Å². The molecule has 2 aromatic rings. The molecule has 2 rings (SSSR count). The molecule has 1 amide bonds. The summed E-state index contributed by atoms with van der Waals surface area (Å²) >= 11 is 6.17.